The molecule has 0 aliphatic rings. The van der Waals surface area contributed by atoms with Crippen molar-refractivity contribution in [1.29, 1.82) is 0 Å². The summed E-state index contributed by atoms with van der Waals surface area (Å²) in [5, 5.41) is 0. The van der Waals surface area contributed by atoms with Crippen molar-refractivity contribution < 1.29 is 32.8 Å². The molecule has 0 aromatic heterocycles. The first-order valence-corrected chi connectivity index (χ1v) is 28.2. The predicted octanol–water partition coefficient (Wildman–Crippen LogP) is 16.6. The summed E-state index contributed by atoms with van der Waals surface area (Å²) in [4.78, 5) is 22.6. The van der Waals surface area contributed by atoms with E-state index >= 15 is 0 Å². The molecule has 0 bridgehead atoms. The number of unbranched alkanes of at least 4 members (excludes halogenated alkanes) is 37. The Labute approximate surface area is 379 Å². The first kappa shape index (κ1) is 60.2. The van der Waals surface area contributed by atoms with Crippen LogP contribution >= 0.6 is 7.82 Å². The number of phosphoric acid groups is 1. The summed E-state index contributed by atoms with van der Waals surface area (Å²) in [6.45, 7) is 4.99. The van der Waals surface area contributed by atoms with Crippen LogP contribution in [0.4, 0.5) is 0 Å². The average Bonchev–Trinajstić information content (AvgIpc) is 3.25. The van der Waals surface area contributed by atoms with Crippen molar-refractivity contribution in [1.82, 2.24) is 0 Å². The Morgan fingerprint density at radius 1 is 0.475 bits per heavy atom. The lowest BCUT2D eigenvalue weighted by atomic mass is 10.0. The van der Waals surface area contributed by atoms with E-state index in [0.29, 0.717) is 13.0 Å². The fourth-order valence-electron chi connectivity index (χ4n) is 8.00. The molecule has 2 atom stereocenters. The van der Waals surface area contributed by atoms with Crippen LogP contribution < -0.4 is 5.73 Å². The smallest absolute Gasteiger partial charge is 0.457 e. The predicted molar refractivity (Wildman–Crippen MR) is 261 cm³/mol. The fourth-order valence-corrected chi connectivity index (χ4v) is 8.76. The maximum absolute atomic E-state index is 12.7. The minimum Gasteiger partial charge on any atom is -0.457 e. The molecule has 0 fully saturated rings. The van der Waals surface area contributed by atoms with E-state index in [1.165, 1.54) is 225 Å². The number of hydrogen-bond acceptors (Lipinski definition) is 7. The van der Waals surface area contributed by atoms with Gasteiger partial charge in [0, 0.05) is 19.6 Å². The molecular weight excluding hydrogens is 782 g/mol. The van der Waals surface area contributed by atoms with Crippen LogP contribution in [0.15, 0.2) is 12.2 Å². The molecule has 61 heavy (non-hydrogen) atoms. The molecule has 0 heterocycles. The van der Waals surface area contributed by atoms with Gasteiger partial charge in [0.2, 0.25) is 0 Å². The number of hydrogen-bond donors (Lipinski definition) is 2. The summed E-state index contributed by atoms with van der Waals surface area (Å²) >= 11 is 0. The molecule has 9 heteroatoms. The number of esters is 1. The van der Waals surface area contributed by atoms with Crippen LogP contribution in [0.3, 0.4) is 0 Å². The summed E-state index contributed by atoms with van der Waals surface area (Å²) in [6.07, 6.45) is 56.8. The number of phosphoric ester groups is 1. The molecule has 364 valence electrons. The van der Waals surface area contributed by atoms with Crippen molar-refractivity contribution in [2.45, 2.75) is 283 Å². The zero-order valence-corrected chi connectivity index (χ0v) is 41.6. The number of ether oxygens (including phenoxy) is 2. The highest BCUT2D eigenvalue weighted by Crippen LogP contribution is 2.43. The standard InChI is InChI=1S/C52H104NO7P/c1-3-5-7-9-11-13-15-17-19-21-23-24-25-26-27-29-31-33-35-37-39-41-43-45-52(54)60-51(50-59-61(55,56)58-48-46-53)49-57-47-44-42-40-38-36-34-32-30-28-22-20-18-16-14-12-10-8-6-4-2/h20,22,51H,3-19,21,23-50,53H2,1-2H3,(H,55,56)/b22-20-. The molecule has 2 unspecified atom stereocenters. The highest BCUT2D eigenvalue weighted by Gasteiger charge is 2.25. The first-order valence-electron chi connectivity index (χ1n) is 26.7. The topological polar surface area (TPSA) is 117 Å². The summed E-state index contributed by atoms with van der Waals surface area (Å²) in [7, 11) is -4.28. The third kappa shape index (κ3) is 50.1. The summed E-state index contributed by atoms with van der Waals surface area (Å²) in [6, 6.07) is 0. The number of allylic oxidation sites excluding steroid dienone is 2. The van der Waals surface area contributed by atoms with Gasteiger partial charge in [0.05, 0.1) is 19.8 Å². The third-order valence-corrected chi connectivity index (χ3v) is 12.9. The Morgan fingerprint density at radius 3 is 1.20 bits per heavy atom. The zero-order chi connectivity index (χ0) is 44.4. The van der Waals surface area contributed by atoms with Crippen molar-refractivity contribution in [3.05, 3.63) is 12.2 Å². The van der Waals surface area contributed by atoms with Crippen LogP contribution in [0.25, 0.3) is 0 Å². The van der Waals surface area contributed by atoms with E-state index in [1.54, 1.807) is 0 Å². The van der Waals surface area contributed by atoms with Crippen LogP contribution in [0.1, 0.15) is 277 Å². The van der Waals surface area contributed by atoms with E-state index in [2.05, 4.69) is 26.0 Å². The molecule has 0 spiro atoms. The largest absolute Gasteiger partial charge is 0.472 e. The van der Waals surface area contributed by atoms with Gasteiger partial charge in [0.25, 0.3) is 0 Å². The third-order valence-electron chi connectivity index (χ3n) is 11.9. The number of carbonyl (C=O) groups is 1. The molecule has 0 aromatic carbocycles. The minimum atomic E-state index is -4.28. The first-order chi connectivity index (χ1) is 29.9. The van der Waals surface area contributed by atoms with E-state index in [-0.39, 0.29) is 32.3 Å². The summed E-state index contributed by atoms with van der Waals surface area (Å²) in [5.74, 6) is -0.323. The molecule has 0 aromatic rings. The lowest BCUT2D eigenvalue weighted by Gasteiger charge is -2.20. The highest BCUT2D eigenvalue weighted by molar-refractivity contribution is 7.47. The Morgan fingerprint density at radius 2 is 0.820 bits per heavy atom. The molecule has 0 saturated carbocycles. The van der Waals surface area contributed by atoms with Crippen LogP contribution in [0.2, 0.25) is 0 Å². The lowest BCUT2D eigenvalue weighted by molar-refractivity contribution is -0.154. The number of rotatable bonds is 52. The minimum absolute atomic E-state index is 0.0922. The molecular formula is C52H104NO7P. The maximum atomic E-state index is 12.7. The van der Waals surface area contributed by atoms with Crippen molar-refractivity contribution in [3.8, 4) is 0 Å². The van der Waals surface area contributed by atoms with Gasteiger partial charge in [-0.25, -0.2) is 4.57 Å². The molecule has 0 saturated heterocycles. The van der Waals surface area contributed by atoms with Crippen LogP contribution in [0, 0.1) is 0 Å². The van der Waals surface area contributed by atoms with Gasteiger partial charge >= 0.3 is 13.8 Å². The number of carbonyl (C=O) groups excluding carboxylic acids is 1. The highest BCUT2D eigenvalue weighted by atomic mass is 31.2. The SMILES string of the molecule is CCCCCCCCC/C=C\CCCCCCCCCCOCC(COP(=O)(O)OCCN)OC(=O)CCCCCCCCCCCCCCCCCCCCCCCCC. The van der Waals surface area contributed by atoms with Gasteiger partial charge in [0.1, 0.15) is 6.10 Å². The van der Waals surface area contributed by atoms with Gasteiger partial charge < -0.3 is 20.1 Å². The van der Waals surface area contributed by atoms with Gasteiger partial charge in [-0.1, -0.05) is 244 Å². The van der Waals surface area contributed by atoms with Gasteiger partial charge in [-0.05, 0) is 38.5 Å². The molecule has 0 aliphatic heterocycles. The quantitative estimate of drug-likeness (QED) is 0.0268. The molecule has 0 rings (SSSR count). The monoisotopic (exact) mass is 886 g/mol. The summed E-state index contributed by atoms with van der Waals surface area (Å²) in [5.41, 5.74) is 5.39. The van der Waals surface area contributed by atoms with E-state index in [1.807, 2.05) is 0 Å². The van der Waals surface area contributed by atoms with Gasteiger partial charge in [-0.15, -0.1) is 0 Å². The van der Waals surface area contributed by atoms with Crippen molar-refractivity contribution in [2.24, 2.45) is 5.73 Å². The molecule has 3 N–H and O–H groups in total. The molecule has 0 aliphatic carbocycles. The van der Waals surface area contributed by atoms with Crippen LogP contribution in [-0.4, -0.2) is 49.9 Å². The van der Waals surface area contributed by atoms with Crippen molar-refractivity contribution >= 4 is 13.8 Å². The Balaban J connectivity index is 3.87. The lowest BCUT2D eigenvalue weighted by Crippen LogP contribution is -2.28. The molecule has 8 nitrogen and oxygen atoms in total. The van der Waals surface area contributed by atoms with Crippen LogP contribution in [-0.2, 0) is 27.9 Å². The maximum Gasteiger partial charge on any atom is 0.472 e. The second kappa shape index (κ2) is 50.2. The van der Waals surface area contributed by atoms with Crippen molar-refractivity contribution in [3.63, 3.8) is 0 Å². The Hall–Kier alpha value is -0.760. The zero-order valence-electron chi connectivity index (χ0n) is 40.7. The average molecular weight is 886 g/mol. The fraction of sp³-hybridized carbons (Fsp3) is 0.942. The van der Waals surface area contributed by atoms with Gasteiger partial charge in [-0.2, -0.15) is 0 Å². The van der Waals surface area contributed by atoms with E-state index in [9.17, 15) is 14.3 Å². The van der Waals surface area contributed by atoms with Crippen LogP contribution in [0.5, 0.6) is 0 Å². The number of nitrogens with two attached hydrogens (primary N) is 1. The normalized spacial score (nSPS) is 13.3. The van der Waals surface area contributed by atoms with E-state index in [4.69, 9.17) is 24.3 Å². The second-order valence-corrected chi connectivity index (χ2v) is 19.6. The Bertz CT molecular complexity index is 951. The van der Waals surface area contributed by atoms with E-state index < -0.39 is 13.9 Å². The molecule has 0 amide bonds. The molecule has 0 radical (unpaired) electrons. The van der Waals surface area contributed by atoms with E-state index in [0.717, 1.165) is 32.1 Å². The van der Waals surface area contributed by atoms with Gasteiger partial charge in [-0.3, -0.25) is 13.8 Å². The van der Waals surface area contributed by atoms with Gasteiger partial charge in [0.15, 0.2) is 0 Å². The second-order valence-electron chi connectivity index (χ2n) is 18.1. The Kier molecular flexibility index (Phi) is 49.6. The summed E-state index contributed by atoms with van der Waals surface area (Å²) < 4.78 is 33.6. The van der Waals surface area contributed by atoms with Crippen molar-refractivity contribution in [2.75, 3.05) is 33.0 Å².